The highest BCUT2D eigenvalue weighted by atomic mass is 16.5. The van der Waals surface area contributed by atoms with Crippen molar-refractivity contribution in [2.45, 2.75) is 25.3 Å². The van der Waals surface area contributed by atoms with Gasteiger partial charge in [0.05, 0.1) is 6.61 Å². The maximum atomic E-state index is 13.0. The van der Waals surface area contributed by atoms with Crippen LogP contribution >= 0.6 is 0 Å². The number of carbonyl (C=O) groups excluding carboxylic acids is 3. The molecule has 1 aliphatic heterocycles. The fourth-order valence-corrected chi connectivity index (χ4v) is 3.83. The summed E-state index contributed by atoms with van der Waals surface area (Å²) < 4.78 is 11.7. The molecule has 1 unspecified atom stereocenters. The Labute approximate surface area is 178 Å². The SMILES string of the molecule is Cc1ccc(C(C(N)=O)(c2ccccc2)N2C(=O)C(=C=O)[C@@H]2OCc2ccccc2)o1. The zero-order valence-corrected chi connectivity index (χ0v) is 16.8. The van der Waals surface area contributed by atoms with Crippen molar-refractivity contribution >= 4 is 17.8 Å². The van der Waals surface area contributed by atoms with Crippen LogP contribution in [0.3, 0.4) is 0 Å². The number of likely N-dealkylation sites (tertiary alicyclic amines) is 1. The average Bonchev–Trinajstić information content (AvgIpc) is 3.22. The summed E-state index contributed by atoms with van der Waals surface area (Å²) in [5.41, 5.74) is 5.17. The minimum atomic E-state index is -1.80. The molecule has 2 amide bonds. The molecule has 1 fully saturated rings. The molecular weight excluding hydrogens is 396 g/mol. The number of primary amides is 1. The Morgan fingerprint density at radius 2 is 1.74 bits per heavy atom. The van der Waals surface area contributed by atoms with Gasteiger partial charge in [-0.15, -0.1) is 0 Å². The second-order valence-corrected chi connectivity index (χ2v) is 7.19. The number of amides is 2. The molecule has 1 saturated heterocycles. The van der Waals surface area contributed by atoms with Crippen LogP contribution in [0.2, 0.25) is 0 Å². The Kier molecular flexibility index (Phi) is 5.29. The van der Waals surface area contributed by atoms with Crippen LogP contribution in [0.15, 0.2) is 82.8 Å². The highest BCUT2D eigenvalue weighted by Crippen LogP contribution is 2.45. The van der Waals surface area contributed by atoms with Crippen LogP contribution in [0.4, 0.5) is 0 Å². The molecule has 4 rings (SSSR count). The molecule has 1 aromatic heterocycles. The first-order chi connectivity index (χ1) is 15.0. The van der Waals surface area contributed by atoms with E-state index >= 15 is 0 Å². The van der Waals surface area contributed by atoms with Gasteiger partial charge >= 0.3 is 0 Å². The summed E-state index contributed by atoms with van der Waals surface area (Å²) in [7, 11) is 0. The summed E-state index contributed by atoms with van der Waals surface area (Å²) >= 11 is 0. The Morgan fingerprint density at radius 3 is 2.29 bits per heavy atom. The average molecular weight is 416 g/mol. The zero-order valence-electron chi connectivity index (χ0n) is 16.8. The quantitative estimate of drug-likeness (QED) is 0.362. The van der Waals surface area contributed by atoms with Crippen molar-refractivity contribution in [3.05, 3.63) is 101 Å². The maximum absolute atomic E-state index is 13.0. The molecule has 2 atom stereocenters. The summed E-state index contributed by atoms with van der Waals surface area (Å²) in [6.07, 6.45) is -1.12. The van der Waals surface area contributed by atoms with E-state index in [4.69, 9.17) is 14.9 Å². The van der Waals surface area contributed by atoms with Gasteiger partial charge in [0.2, 0.25) is 5.54 Å². The number of hydrogen-bond acceptors (Lipinski definition) is 5. The monoisotopic (exact) mass is 416 g/mol. The van der Waals surface area contributed by atoms with Crippen molar-refractivity contribution in [2.24, 2.45) is 5.73 Å². The lowest BCUT2D eigenvalue weighted by molar-refractivity contribution is -0.178. The summed E-state index contributed by atoms with van der Waals surface area (Å²) in [6, 6.07) is 21.1. The third-order valence-electron chi connectivity index (χ3n) is 5.30. The highest BCUT2D eigenvalue weighted by molar-refractivity contribution is 6.11. The third kappa shape index (κ3) is 3.26. The van der Waals surface area contributed by atoms with Crippen LogP contribution in [0.5, 0.6) is 0 Å². The van der Waals surface area contributed by atoms with Crippen LogP contribution in [0.25, 0.3) is 0 Å². The number of nitrogens with two attached hydrogens (primary N) is 1. The number of hydrogen-bond donors (Lipinski definition) is 1. The van der Waals surface area contributed by atoms with Gasteiger partial charge in [0.1, 0.15) is 17.5 Å². The lowest BCUT2D eigenvalue weighted by atomic mass is 9.80. The minimum absolute atomic E-state index is 0.112. The van der Waals surface area contributed by atoms with Gasteiger partial charge in [0, 0.05) is 0 Å². The van der Waals surface area contributed by atoms with Crippen molar-refractivity contribution in [2.75, 3.05) is 0 Å². The van der Waals surface area contributed by atoms with Gasteiger partial charge in [0.15, 0.2) is 11.8 Å². The summed E-state index contributed by atoms with van der Waals surface area (Å²) in [4.78, 5) is 38.7. The lowest BCUT2D eigenvalue weighted by Gasteiger charge is -2.50. The van der Waals surface area contributed by atoms with E-state index in [-0.39, 0.29) is 17.9 Å². The Balaban J connectivity index is 1.84. The molecule has 0 radical (unpaired) electrons. The first kappa shape index (κ1) is 20.3. The van der Waals surface area contributed by atoms with Crippen molar-refractivity contribution < 1.29 is 23.5 Å². The van der Waals surface area contributed by atoms with E-state index in [0.717, 1.165) is 10.5 Å². The molecule has 156 valence electrons. The van der Waals surface area contributed by atoms with Gasteiger partial charge in [-0.25, -0.2) is 4.79 Å². The van der Waals surface area contributed by atoms with Gasteiger partial charge in [0.25, 0.3) is 11.8 Å². The number of aryl methyl sites for hydroxylation is 1. The topological polar surface area (TPSA) is 103 Å². The Bertz CT molecular complexity index is 1160. The molecule has 2 heterocycles. The van der Waals surface area contributed by atoms with E-state index in [1.807, 2.05) is 30.3 Å². The molecule has 2 N–H and O–H groups in total. The van der Waals surface area contributed by atoms with Crippen LogP contribution in [0.1, 0.15) is 22.6 Å². The van der Waals surface area contributed by atoms with Gasteiger partial charge < -0.3 is 14.9 Å². The Hall–Kier alpha value is -3.93. The van der Waals surface area contributed by atoms with Crippen molar-refractivity contribution in [1.82, 2.24) is 4.90 Å². The molecule has 31 heavy (non-hydrogen) atoms. The molecule has 7 heteroatoms. The van der Waals surface area contributed by atoms with E-state index in [2.05, 4.69) is 0 Å². The van der Waals surface area contributed by atoms with Gasteiger partial charge in [-0.1, -0.05) is 60.7 Å². The number of rotatable bonds is 7. The molecule has 0 saturated carbocycles. The first-order valence-corrected chi connectivity index (χ1v) is 9.66. The molecule has 0 aliphatic carbocycles. The second kappa shape index (κ2) is 8.07. The number of nitrogens with zero attached hydrogens (tertiary/aromatic N) is 1. The van der Waals surface area contributed by atoms with Crippen molar-refractivity contribution in [3.8, 4) is 0 Å². The van der Waals surface area contributed by atoms with Crippen molar-refractivity contribution in [1.29, 1.82) is 0 Å². The number of carbonyl (C=O) groups is 2. The number of ether oxygens (including phenoxy) is 1. The van der Waals surface area contributed by atoms with Crippen LogP contribution in [-0.4, -0.2) is 28.9 Å². The molecule has 0 spiro atoms. The predicted molar refractivity (Wildman–Crippen MR) is 111 cm³/mol. The number of β-lactam (4-membered cyclic amide) rings is 1. The molecule has 1 aliphatic rings. The summed E-state index contributed by atoms with van der Waals surface area (Å²) in [6.45, 7) is 1.83. The molecule has 0 bridgehead atoms. The third-order valence-corrected chi connectivity index (χ3v) is 5.30. The van der Waals surface area contributed by atoms with E-state index in [0.29, 0.717) is 11.3 Å². The van der Waals surface area contributed by atoms with E-state index in [9.17, 15) is 14.4 Å². The highest BCUT2D eigenvalue weighted by Gasteiger charge is 2.61. The van der Waals surface area contributed by atoms with Crippen LogP contribution in [0, 0.1) is 6.92 Å². The fourth-order valence-electron chi connectivity index (χ4n) is 3.83. The second-order valence-electron chi connectivity index (χ2n) is 7.19. The van der Waals surface area contributed by atoms with Gasteiger partial charge in [-0.2, -0.15) is 0 Å². The molecule has 3 aromatic rings. The normalized spacial score (nSPS) is 17.6. The largest absolute Gasteiger partial charge is 0.463 e. The first-order valence-electron chi connectivity index (χ1n) is 9.66. The van der Waals surface area contributed by atoms with Crippen LogP contribution in [-0.2, 0) is 31.3 Å². The maximum Gasteiger partial charge on any atom is 0.269 e. The predicted octanol–water partition coefficient (Wildman–Crippen LogP) is 2.46. The van der Waals surface area contributed by atoms with Crippen molar-refractivity contribution in [3.63, 3.8) is 0 Å². The zero-order chi connectivity index (χ0) is 22.0. The van der Waals surface area contributed by atoms with E-state index in [1.54, 1.807) is 55.3 Å². The molecule has 2 aromatic carbocycles. The summed E-state index contributed by atoms with van der Waals surface area (Å²) in [5.74, 6) is 0.832. The smallest absolute Gasteiger partial charge is 0.269 e. The minimum Gasteiger partial charge on any atom is -0.463 e. The van der Waals surface area contributed by atoms with E-state index in [1.165, 1.54) is 0 Å². The Morgan fingerprint density at radius 1 is 1.10 bits per heavy atom. The molecular formula is C24H20N2O5. The van der Waals surface area contributed by atoms with Gasteiger partial charge in [-0.3, -0.25) is 14.5 Å². The molecule has 7 nitrogen and oxygen atoms in total. The fraction of sp³-hybridized carbons (Fsp3) is 0.167. The standard InChI is InChI=1S/C24H20N2O5/c1-16-12-13-20(31-16)24(23(25)29,18-10-6-3-7-11-18)26-21(28)19(14-27)22(26)30-15-17-8-4-2-5-9-17/h2-13,22H,15H2,1H3,(H2,25,29)/t22-,24?/m0/s1. The van der Waals surface area contributed by atoms with Gasteiger partial charge in [-0.05, 0) is 30.2 Å². The van der Waals surface area contributed by atoms with Crippen LogP contribution < -0.4 is 5.73 Å². The van der Waals surface area contributed by atoms with E-state index < -0.39 is 23.6 Å². The number of benzene rings is 2. The summed E-state index contributed by atoms with van der Waals surface area (Å²) in [5, 5.41) is 0. The number of furan rings is 1. The lowest BCUT2D eigenvalue weighted by Crippen LogP contribution is -2.69.